The van der Waals surface area contributed by atoms with Crippen LogP contribution in [0.25, 0.3) is 0 Å². The van der Waals surface area contributed by atoms with E-state index in [-0.39, 0.29) is 12.5 Å². The summed E-state index contributed by atoms with van der Waals surface area (Å²) in [5.41, 5.74) is 0.655. The molecule has 1 atom stereocenters. The van der Waals surface area contributed by atoms with Crippen molar-refractivity contribution in [1.82, 2.24) is 5.32 Å². The first-order valence-corrected chi connectivity index (χ1v) is 10.6. The van der Waals surface area contributed by atoms with Crippen molar-refractivity contribution in [3.05, 3.63) is 57.2 Å². The minimum atomic E-state index is -0.417. The molecule has 0 aliphatic heterocycles. The van der Waals surface area contributed by atoms with Crippen molar-refractivity contribution in [2.45, 2.75) is 49.9 Å². The Kier molecular flexibility index (Phi) is 6.74. The molecule has 140 valence electrons. The van der Waals surface area contributed by atoms with Crippen molar-refractivity contribution in [2.24, 2.45) is 0 Å². The number of thiophene rings is 1. The van der Waals surface area contributed by atoms with E-state index in [2.05, 4.69) is 16.8 Å². The number of carbonyl (C=O) groups excluding carboxylic acids is 1. The summed E-state index contributed by atoms with van der Waals surface area (Å²) in [7, 11) is 0. The van der Waals surface area contributed by atoms with Crippen molar-refractivity contribution in [2.75, 3.05) is 13.2 Å². The first-order valence-electron chi connectivity index (χ1n) is 9.34. The normalized spacial score (nSPS) is 17.2. The Balaban J connectivity index is 1.64. The number of carbonyl (C=O) groups is 1. The number of benzene rings is 1. The van der Waals surface area contributed by atoms with Gasteiger partial charge in [0.15, 0.2) is 0 Å². The van der Waals surface area contributed by atoms with Crippen LogP contribution in [0.5, 0.6) is 0 Å². The van der Waals surface area contributed by atoms with Gasteiger partial charge < -0.3 is 10.4 Å². The minimum absolute atomic E-state index is 0.131. The molecule has 0 bridgehead atoms. The van der Waals surface area contributed by atoms with E-state index >= 15 is 0 Å². The zero-order valence-corrected chi connectivity index (χ0v) is 16.5. The van der Waals surface area contributed by atoms with Crippen molar-refractivity contribution in [3.63, 3.8) is 0 Å². The molecule has 0 radical (unpaired) electrons. The fraction of sp³-hybridized carbons (Fsp3) is 0.476. The summed E-state index contributed by atoms with van der Waals surface area (Å²) in [6.45, 7) is 0.808. The molecule has 5 heteroatoms. The van der Waals surface area contributed by atoms with Crippen molar-refractivity contribution < 1.29 is 9.90 Å². The highest BCUT2D eigenvalue weighted by molar-refractivity contribution is 7.10. The highest BCUT2D eigenvalue weighted by Crippen LogP contribution is 2.41. The van der Waals surface area contributed by atoms with E-state index in [1.807, 2.05) is 30.3 Å². The molecule has 1 amide bonds. The number of halogens is 1. The third-order valence-corrected chi connectivity index (χ3v) is 6.78. The second kappa shape index (κ2) is 9.03. The predicted molar refractivity (Wildman–Crippen MR) is 108 cm³/mol. The van der Waals surface area contributed by atoms with Gasteiger partial charge in [0.25, 0.3) is 0 Å². The number of nitrogens with one attached hydrogen (secondary N) is 1. The summed E-state index contributed by atoms with van der Waals surface area (Å²) < 4.78 is 0. The first-order chi connectivity index (χ1) is 12.7. The Morgan fingerprint density at radius 2 is 1.92 bits per heavy atom. The average molecular weight is 392 g/mol. The molecule has 3 rings (SSSR count). The van der Waals surface area contributed by atoms with E-state index in [1.165, 1.54) is 4.88 Å². The average Bonchev–Trinajstić information content (AvgIpc) is 3.34. The van der Waals surface area contributed by atoms with Crippen LogP contribution in [-0.4, -0.2) is 24.2 Å². The molecule has 2 N–H and O–H groups in total. The van der Waals surface area contributed by atoms with Gasteiger partial charge in [-0.05, 0) is 60.7 Å². The molecule has 1 heterocycles. The van der Waals surface area contributed by atoms with Gasteiger partial charge in [0.1, 0.15) is 0 Å². The SMILES string of the molecule is O=C(NCCC(CCO)c1cccs1)C1(c2ccc(Cl)cc2)CCCC1. The second-order valence-electron chi connectivity index (χ2n) is 7.07. The Labute approximate surface area is 164 Å². The van der Waals surface area contributed by atoms with Crippen LogP contribution in [0.2, 0.25) is 5.02 Å². The van der Waals surface area contributed by atoms with Gasteiger partial charge in [-0.1, -0.05) is 42.6 Å². The minimum Gasteiger partial charge on any atom is -0.396 e. The van der Waals surface area contributed by atoms with E-state index < -0.39 is 5.41 Å². The monoisotopic (exact) mass is 391 g/mol. The van der Waals surface area contributed by atoms with E-state index in [1.54, 1.807) is 11.3 Å². The van der Waals surface area contributed by atoms with Crippen LogP contribution in [0.15, 0.2) is 41.8 Å². The highest BCUT2D eigenvalue weighted by Gasteiger charge is 2.42. The van der Waals surface area contributed by atoms with Gasteiger partial charge in [0, 0.05) is 23.1 Å². The third kappa shape index (κ3) is 4.30. The second-order valence-corrected chi connectivity index (χ2v) is 8.48. The number of aliphatic hydroxyl groups is 1. The Morgan fingerprint density at radius 1 is 1.19 bits per heavy atom. The summed E-state index contributed by atoms with van der Waals surface area (Å²) in [5.74, 6) is 0.432. The van der Waals surface area contributed by atoms with Gasteiger partial charge in [-0.15, -0.1) is 11.3 Å². The summed E-state index contributed by atoms with van der Waals surface area (Å²) >= 11 is 7.74. The van der Waals surface area contributed by atoms with Gasteiger partial charge in [-0.3, -0.25) is 4.79 Å². The summed E-state index contributed by atoms with van der Waals surface area (Å²) in [6, 6.07) is 11.9. The quantitative estimate of drug-likeness (QED) is 0.673. The number of amides is 1. The van der Waals surface area contributed by atoms with Crippen molar-refractivity contribution in [3.8, 4) is 0 Å². The molecule has 1 unspecified atom stereocenters. The summed E-state index contributed by atoms with van der Waals surface area (Å²) in [4.78, 5) is 14.4. The number of hydrogen-bond acceptors (Lipinski definition) is 3. The fourth-order valence-electron chi connectivity index (χ4n) is 4.03. The molecule has 3 nitrogen and oxygen atoms in total. The molecule has 0 spiro atoms. The third-order valence-electron chi connectivity index (χ3n) is 5.49. The van der Waals surface area contributed by atoms with Crippen LogP contribution in [-0.2, 0) is 10.2 Å². The molecular weight excluding hydrogens is 366 g/mol. The van der Waals surface area contributed by atoms with Gasteiger partial charge in [-0.2, -0.15) is 0 Å². The lowest BCUT2D eigenvalue weighted by Gasteiger charge is -2.29. The molecule has 1 aliphatic rings. The highest BCUT2D eigenvalue weighted by atomic mass is 35.5. The van der Waals surface area contributed by atoms with Gasteiger partial charge in [-0.25, -0.2) is 0 Å². The lowest BCUT2D eigenvalue weighted by atomic mass is 9.78. The molecular formula is C21H26ClNO2S. The van der Waals surface area contributed by atoms with Gasteiger partial charge >= 0.3 is 0 Å². The number of rotatable bonds is 8. The van der Waals surface area contributed by atoms with E-state index in [9.17, 15) is 9.90 Å². The number of hydrogen-bond donors (Lipinski definition) is 2. The van der Waals surface area contributed by atoms with E-state index in [0.29, 0.717) is 17.5 Å². The molecule has 1 aliphatic carbocycles. The van der Waals surface area contributed by atoms with Crippen LogP contribution in [0.4, 0.5) is 0 Å². The molecule has 1 aromatic carbocycles. The van der Waals surface area contributed by atoms with Gasteiger partial charge in [0.05, 0.1) is 5.41 Å². The van der Waals surface area contributed by atoms with Crippen LogP contribution < -0.4 is 5.32 Å². The fourth-order valence-corrected chi connectivity index (χ4v) is 5.06. The van der Waals surface area contributed by atoms with E-state index in [4.69, 9.17) is 11.6 Å². The predicted octanol–water partition coefficient (Wildman–Crippen LogP) is 4.89. The van der Waals surface area contributed by atoms with E-state index in [0.717, 1.165) is 44.1 Å². The van der Waals surface area contributed by atoms with Crippen LogP contribution in [0, 0.1) is 0 Å². The maximum absolute atomic E-state index is 13.1. The molecule has 1 saturated carbocycles. The Morgan fingerprint density at radius 3 is 2.54 bits per heavy atom. The standard InChI is InChI=1S/C21H26ClNO2S/c22-18-7-5-17(6-8-18)21(11-1-2-12-21)20(25)23-13-9-16(10-14-24)19-4-3-15-26-19/h3-8,15-16,24H,1-2,9-14H2,(H,23,25). The molecule has 1 aromatic heterocycles. The lowest BCUT2D eigenvalue weighted by molar-refractivity contribution is -0.126. The van der Waals surface area contributed by atoms with Crippen molar-refractivity contribution >= 4 is 28.8 Å². The van der Waals surface area contributed by atoms with Crippen LogP contribution >= 0.6 is 22.9 Å². The lowest BCUT2D eigenvalue weighted by Crippen LogP contribution is -2.43. The summed E-state index contributed by atoms with van der Waals surface area (Å²) in [5, 5.41) is 15.3. The zero-order chi connectivity index (χ0) is 18.4. The molecule has 0 saturated heterocycles. The topological polar surface area (TPSA) is 49.3 Å². The maximum atomic E-state index is 13.1. The molecule has 26 heavy (non-hydrogen) atoms. The van der Waals surface area contributed by atoms with Gasteiger partial charge in [0.2, 0.25) is 5.91 Å². The zero-order valence-electron chi connectivity index (χ0n) is 14.9. The number of aliphatic hydroxyl groups excluding tert-OH is 1. The summed E-state index contributed by atoms with van der Waals surface area (Å²) in [6.07, 6.45) is 5.54. The molecule has 2 aromatic rings. The maximum Gasteiger partial charge on any atom is 0.230 e. The largest absolute Gasteiger partial charge is 0.396 e. The van der Waals surface area contributed by atoms with Crippen LogP contribution in [0.3, 0.4) is 0 Å². The smallest absolute Gasteiger partial charge is 0.230 e. The molecule has 1 fully saturated rings. The van der Waals surface area contributed by atoms with Crippen molar-refractivity contribution in [1.29, 1.82) is 0 Å². The first kappa shape index (κ1) is 19.4. The van der Waals surface area contributed by atoms with Crippen LogP contribution in [0.1, 0.15) is 54.9 Å². The Hall–Kier alpha value is -1.36. The Bertz CT molecular complexity index is 693.